The number of carbonyl (C=O) groups is 1. The summed E-state index contributed by atoms with van der Waals surface area (Å²) in [6.45, 7) is 4.96. The van der Waals surface area contributed by atoms with E-state index in [1.54, 1.807) is 6.07 Å². The van der Waals surface area contributed by atoms with Crippen LogP contribution in [-0.2, 0) is 10.2 Å². The molecule has 18 heavy (non-hydrogen) atoms. The van der Waals surface area contributed by atoms with Crippen LogP contribution in [0.4, 0.5) is 0 Å². The third kappa shape index (κ3) is 4.48. The minimum atomic E-state index is -0.584. The van der Waals surface area contributed by atoms with E-state index in [0.29, 0.717) is 18.1 Å². The molecule has 0 aliphatic carbocycles. The quantitative estimate of drug-likeness (QED) is 0.819. The van der Waals surface area contributed by atoms with Gasteiger partial charge in [-0.3, -0.25) is 4.79 Å². The molecule has 0 heterocycles. The van der Waals surface area contributed by atoms with Crippen molar-refractivity contribution >= 4 is 29.9 Å². The monoisotopic (exact) mass is 290 g/mol. The Morgan fingerprint density at radius 3 is 2.67 bits per heavy atom. The maximum atomic E-state index is 12.1. The van der Waals surface area contributed by atoms with Gasteiger partial charge in [-0.05, 0) is 44.5 Å². The second-order valence-electron chi connectivity index (χ2n) is 4.53. The third-order valence-electron chi connectivity index (χ3n) is 2.78. The predicted molar refractivity (Wildman–Crippen MR) is 78.4 cm³/mol. The average molecular weight is 291 g/mol. The Labute approximate surface area is 119 Å². The fourth-order valence-electron chi connectivity index (χ4n) is 1.53. The van der Waals surface area contributed by atoms with E-state index in [0.717, 1.165) is 12.0 Å². The molecule has 1 aromatic rings. The molecule has 1 aromatic carbocycles. The minimum absolute atomic E-state index is 0. The van der Waals surface area contributed by atoms with Gasteiger partial charge in [-0.1, -0.05) is 23.7 Å². The zero-order valence-electron chi connectivity index (χ0n) is 10.7. The molecule has 0 bridgehead atoms. The van der Waals surface area contributed by atoms with Gasteiger partial charge in [-0.25, -0.2) is 0 Å². The van der Waals surface area contributed by atoms with Gasteiger partial charge in [0.2, 0.25) is 5.91 Å². The Balaban J connectivity index is 0.00000289. The summed E-state index contributed by atoms with van der Waals surface area (Å²) < 4.78 is 0. The molecular weight excluding hydrogens is 271 g/mol. The fraction of sp³-hybridized carbons (Fsp3) is 0.462. The van der Waals surface area contributed by atoms with Gasteiger partial charge in [-0.15, -0.1) is 12.4 Å². The fourth-order valence-corrected chi connectivity index (χ4v) is 1.72. The zero-order valence-corrected chi connectivity index (χ0v) is 12.3. The van der Waals surface area contributed by atoms with Crippen LogP contribution in [0.5, 0.6) is 0 Å². The third-order valence-corrected chi connectivity index (χ3v) is 3.02. The number of halogens is 2. The number of hydrogen-bond acceptors (Lipinski definition) is 2. The summed E-state index contributed by atoms with van der Waals surface area (Å²) in [4.78, 5) is 12.1. The first-order valence-electron chi connectivity index (χ1n) is 5.73. The summed E-state index contributed by atoms with van der Waals surface area (Å²) >= 11 is 5.93. The first-order chi connectivity index (χ1) is 7.98. The molecule has 5 heteroatoms. The maximum absolute atomic E-state index is 12.1. The van der Waals surface area contributed by atoms with E-state index in [9.17, 15) is 4.79 Å². The van der Waals surface area contributed by atoms with Crippen molar-refractivity contribution in [3.63, 3.8) is 0 Å². The normalized spacial score (nSPS) is 10.7. The minimum Gasteiger partial charge on any atom is -0.355 e. The van der Waals surface area contributed by atoms with Gasteiger partial charge in [0.25, 0.3) is 0 Å². The number of carbonyl (C=O) groups excluding carboxylic acids is 1. The van der Waals surface area contributed by atoms with Crippen molar-refractivity contribution in [2.24, 2.45) is 5.73 Å². The van der Waals surface area contributed by atoms with E-state index < -0.39 is 5.41 Å². The van der Waals surface area contributed by atoms with Crippen molar-refractivity contribution in [2.75, 3.05) is 13.1 Å². The second kappa shape index (κ2) is 7.62. The van der Waals surface area contributed by atoms with Gasteiger partial charge in [0.05, 0.1) is 5.41 Å². The molecule has 0 aliphatic heterocycles. The van der Waals surface area contributed by atoms with Crippen molar-refractivity contribution in [2.45, 2.75) is 25.7 Å². The summed E-state index contributed by atoms with van der Waals surface area (Å²) in [5, 5.41) is 3.52. The zero-order chi connectivity index (χ0) is 12.9. The molecule has 0 saturated carbocycles. The van der Waals surface area contributed by atoms with E-state index in [-0.39, 0.29) is 18.3 Å². The second-order valence-corrected chi connectivity index (χ2v) is 4.97. The van der Waals surface area contributed by atoms with Crippen LogP contribution in [-0.4, -0.2) is 19.0 Å². The molecule has 0 unspecified atom stereocenters. The lowest BCUT2D eigenvalue weighted by Crippen LogP contribution is -2.40. The van der Waals surface area contributed by atoms with Gasteiger partial charge in [0, 0.05) is 11.6 Å². The molecule has 3 N–H and O–H groups in total. The molecular formula is C13H20Cl2N2O. The van der Waals surface area contributed by atoms with Crippen LogP contribution in [0.25, 0.3) is 0 Å². The van der Waals surface area contributed by atoms with Gasteiger partial charge >= 0.3 is 0 Å². The largest absolute Gasteiger partial charge is 0.355 e. The topological polar surface area (TPSA) is 55.1 Å². The van der Waals surface area contributed by atoms with Crippen molar-refractivity contribution in [3.05, 3.63) is 34.9 Å². The number of nitrogens with two attached hydrogens (primary N) is 1. The van der Waals surface area contributed by atoms with Crippen LogP contribution in [0.15, 0.2) is 24.3 Å². The number of amides is 1. The molecule has 0 spiro atoms. The Hall–Kier alpha value is -0.770. The lowest BCUT2D eigenvalue weighted by Gasteiger charge is -2.24. The molecule has 0 aliphatic rings. The summed E-state index contributed by atoms with van der Waals surface area (Å²) in [7, 11) is 0. The highest BCUT2D eigenvalue weighted by atomic mass is 35.5. The van der Waals surface area contributed by atoms with Gasteiger partial charge in [-0.2, -0.15) is 0 Å². The van der Waals surface area contributed by atoms with Gasteiger partial charge in [0.15, 0.2) is 0 Å². The SMILES string of the molecule is CC(C)(C(=O)NCCCN)c1cccc(Cl)c1.Cl. The summed E-state index contributed by atoms with van der Waals surface area (Å²) in [5.74, 6) is -0.00628. The van der Waals surface area contributed by atoms with Crippen molar-refractivity contribution < 1.29 is 4.79 Å². The van der Waals surface area contributed by atoms with Crippen molar-refractivity contribution in [3.8, 4) is 0 Å². The van der Waals surface area contributed by atoms with E-state index in [2.05, 4.69) is 5.32 Å². The molecule has 0 radical (unpaired) electrons. The number of hydrogen-bond donors (Lipinski definition) is 2. The molecule has 1 rings (SSSR count). The maximum Gasteiger partial charge on any atom is 0.230 e. The van der Waals surface area contributed by atoms with Gasteiger partial charge < -0.3 is 11.1 Å². The van der Waals surface area contributed by atoms with Gasteiger partial charge in [0.1, 0.15) is 0 Å². The molecule has 0 saturated heterocycles. The lowest BCUT2D eigenvalue weighted by atomic mass is 9.84. The average Bonchev–Trinajstić information content (AvgIpc) is 2.29. The highest BCUT2D eigenvalue weighted by Gasteiger charge is 2.29. The van der Waals surface area contributed by atoms with Crippen LogP contribution in [0, 0.1) is 0 Å². The van der Waals surface area contributed by atoms with E-state index >= 15 is 0 Å². The molecule has 1 amide bonds. The van der Waals surface area contributed by atoms with Crippen LogP contribution in [0.3, 0.4) is 0 Å². The molecule has 0 atom stereocenters. The first-order valence-corrected chi connectivity index (χ1v) is 6.10. The Bertz CT molecular complexity index is 394. The van der Waals surface area contributed by atoms with Crippen LogP contribution in [0.1, 0.15) is 25.8 Å². The number of benzene rings is 1. The Morgan fingerprint density at radius 1 is 1.44 bits per heavy atom. The van der Waals surface area contributed by atoms with Crippen molar-refractivity contribution in [1.82, 2.24) is 5.32 Å². The summed E-state index contributed by atoms with van der Waals surface area (Å²) in [6.07, 6.45) is 0.789. The van der Waals surface area contributed by atoms with E-state index in [1.165, 1.54) is 0 Å². The standard InChI is InChI=1S/C13H19ClN2O.ClH/c1-13(2,12(17)16-8-4-7-15)10-5-3-6-11(14)9-10;/h3,5-6,9H,4,7-8,15H2,1-2H3,(H,16,17);1H. The summed E-state index contributed by atoms with van der Waals surface area (Å²) in [6, 6.07) is 7.39. The smallest absolute Gasteiger partial charge is 0.230 e. The van der Waals surface area contributed by atoms with E-state index in [1.807, 2.05) is 32.0 Å². The first kappa shape index (κ1) is 17.2. The van der Waals surface area contributed by atoms with E-state index in [4.69, 9.17) is 17.3 Å². The number of rotatable bonds is 5. The molecule has 102 valence electrons. The van der Waals surface area contributed by atoms with Crippen molar-refractivity contribution in [1.29, 1.82) is 0 Å². The Kier molecular flexibility index (Phi) is 7.29. The molecule has 3 nitrogen and oxygen atoms in total. The summed E-state index contributed by atoms with van der Waals surface area (Å²) in [5.41, 5.74) is 5.71. The molecule has 0 aromatic heterocycles. The lowest BCUT2D eigenvalue weighted by molar-refractivity contribution is -0.125. The number of nitrogens with one attached hydrogen (secondary N) is 1. The highest BCUT2D eigenvalue weighted by molar-refractivity contribution is 6.30. The highest BCUT2D eigenvalue weighted by Crippen LogP contribution is 2.25. The predicted octanol–water partition coefficient (Wildman–Crippen LogP) is 2.50. The van der Waals surface area contributed by atoms with Crippen LogP contribution >= 0.6 is 24.0 Å². The van der Waals surface area contributed by atoms with Crippen LogP contribution < -0.4 is 11.1 Å². The molecule has 0 fully saturated rings. The van der Waals surface area contributed by atoms with Crippen LogP contribution in [0.2, 0.25) is 5.02 Å². The Morgan fingerprint density at radius 2 is 2.11 bits per heavy atom.